The van der Waals surface area contributed by atoms with Gasteiger partial charge in [-0.15, -0.1) is 0 Å². The molecule has 8 heteroatoms. The van der Waals surface area contributed by atoms with Crippen molar-refractivity contribution in [1.29, 1.82) is 0 Å². The minimum absolute atomic E-state index is 0.117. The number of carbonyl (C=O) groups excluding carboxylic acids is 2. The molecule has 2 aliphatic rings. The molecule has 1 aliphatic carbocycles. The second kappa shape index (κ2) is 7.17. The van der Waals surface area contributed by atoms with Gasteiger partial charge in [0, 0.05) is 37.3 Å². The summed E-state index contributed by atoms with van der Waals surface area (Å²) in [5.41, 5.74) is -0.791. The molecule has 1 N–H and O–H groups in total. The van der Waals surface area contributed by atoms with Gasteiger partial charge in [-0.3, -0.25) is 14.6 Å². The molecule has 4 rings (SSSR count). The monoisotopic (exact) mass is 403 g/mol. The highest BCUT2D eigenvalue weighted by molar-refractivity contribution is 6.00. The molecule has 1 aromatic heterocycles. The zero-order valence-corrected chi connectivity index (χ0v) is 15.6. The Hall–Kier alpha value is -2.90. The fourth-order valence-corrected chi connectivity index (χ4v) is 4.47. The van der Waals surface area contributed by atoms with E-state index in [1.54, 1.807) is 18.2 Å². The van der Waals surface area contributed by atoms with Crippen LogP contribution in [0.3, 0.4) is 0 Å². The molecule has 29 heavy (non-hydrogen) atoms. The number of benzene rings is 1. The Labute approximate surface area is 165 Å². The number of pyridine rings is 1. The van der Waals surface area contributed by atoms with Crippen LogP contribution >= 0.6 is 0 Å². The third kappa shape index (κ3) is 3.83. The minimum atomic E-state index is -3.09. The highest BCUT2D eigenvalue weighted by Crippen LogP contribution is 2.51. The van der Waals surface area contributed by atoms with E-state index < -0.39 is 47.9 Å². The highest BCUT2D eigenvalue weighted by Gasteiger charge is 2.57. The van der Waals surface area contributed by atoms with Gasteiger partial charge >= 0.3 is 0 Å². The molecule has 2 atom stereocenters. The molecular weight excluding hydrogens is 383 g/mol. The highest BCUT2D eigenvalue weighted by atomic mass is 19.3. The number of amides is 2. The Balaban J connectivity index is 1.55. The van der Waals surface area contributed by atoms with Gasteiger partial charge in [-0.2, -0.15) is 0 Å². The number of carbonyl (C=O) groups is 2. The van der Waals surface area contributed by atoms with Gasteiger partial charge in [0.1, 0.15) is 11.5 Å². The fourth-order valence-electron chi connectivity index (χ4n) is 4.47. The van der Waals surface area contributed by atoms with E-state index in [0.717, 1.165) is 0 Å². The van der Waals surface area contributed by atoms with E-state index in [4.69, 9.17) is 0 Å². The molecule has 152 valence electrons. The maximum absolute atomic E-state index is 14.6. The molecule has 1 saturated heterocycles. The number of nitrogens with zero attached hydrogens (tertiary/aromatic N) is 2. The Morgan fingerprint density at radius 1 is 1.17 bits per heavy atom. The molecule has 1 saturated carbocycles. The standard InChI is InChI=1S/C21H20F3N3O2/c22-14-4-3-5-16(10-14)27-9-7-20(19(27)29)11-15(12-21(23,24)13-20)26-18(28)17-6-1-2-8-25-17/h1-6,8,10,15H,7,9,11-13H2,(H,26,28)/t15-,20-/m0/s1. The van der Waals surface area contributed by atoms with Gasteiger partial charge in [0.15, 0.2) is 0 Å². The number of rotatable bonds is 3. The Morgan fingerprint density at radius 3 is 2.72 bits per heavy atom. The SMILES string of the molecule is O=C(N[C@@H]1CC(F)(F)C[C@]2(CCN(c3cccc(F)c3)C2=O)C1)c1ccccn1. The van der Waals surface area contributed by atoms with Gasteiger partial charge in [-0.25, -0.2) is 13.2 Å². The van der Waals surface area contributed by atoms with Crippen molar-refractivity contribution in [2.75, 3.05) is 11.4 Å². The number of hydrogen-bond acceptors (Lipinski definition) is 3. The molecule has 1 aliphatic heterocycles. The normalized spacial score (nSPS) is 26.0. The van der Waals surface area contributed by atoms with Crippen molar-refractivity contribution in [3.63, 3.8) is 0 Å². The first-order valence-corrected chi connectivity index (χ1v) is 9.45. The Kier molecular flexibility index (Phi) is 4.80. The quantitative estimate of drug-likeness (QED) is 0.853. The largest absolute Gasteiger partial charge is 0.348 e. The van der Waals surface area contributed by atoms with E-state index in [1.807, 2.05) is 0 Å². The summed E-state index contributed by atoms with van der Waals surface area (Å²) in [7, 11) is 0. The third-order valence-electron chi connectivity index (χ3n) is 5.64. The number of alkyl halides is 2. The van der Waals surface area contributed by atoms with Crippen molar-refractivity contribution >= 4 is 17.5 Å². The number of hydrogen-bond donors (Lipinski definition) is 1. The van der Waals surface area contributed by atoms with Crippen LogP contribution in [0.2, 0.25) is 0 Å². The van der Waals surface area contributed by atoms with Gasteiger partial charge in [-0.05, 0) is 43.2 Å². The Morgan fingerprint density at radius 2 is 2.00 bits per heavy atom. The summed E-state index contributed by atoms with van der Waals surface area (Å²) >= 11 is 0. The van der Waals surface area contributed by atoms with Gasteiger partial charge < -0.3 is 10.2 Å². The molecule has 0 unspecified atom stereocenters. The third-order valence-corrected chi connectivity index (χ3v) is 5.64. The number of nitrogens with one attached hydrogen (secondary N) is 1. The summed E-state index contributed by atoms with van der Waals surface area (Å²) in [5.74, 6) is -4.57. The van der Waals surface area contributed by atoms with Crippen LogP contribution in [0.4, 0.5) is 18.9 Å². The lowest BCUT2D eigenvalue weighted by Crippen LogP contribution is -2.52. The van der Waals surface area contributed by atoms with Crippen LogP contribution in [0.5, 0.6) is 0 Å². The van der Waals surface area contributed by atoms with Crippen molar-refractivity contribution in [2.24, 2.45) is 5.41 Å². The molecule has 0 radical (unpaired) electrons. The Bertz CT molecular complexity index is 938. The average molecular weight is 403 g/mol. The minimum Gasteiger partial charge on any atom is -0.348 e. The van der Waals surface area contributed by atoms with Gasteiger partial charge in [-0.1, -0.05) is 12.1 Å². The summed E-state index contributed by atoms with van der Waals surface area (Å²) in [5, 5.41) is 2.61. The smallest absolute Gasteiger partial charge is 0.270 e. The van der Waals surface area contributed by atoms with Crippen LogP contribution < -0.4 is 10.2 Å². The summed E-state index contributed by atoms with van der Waals surface area (Å²) in [6, 6.07) is 9.48. The molecule has 2 amide bonds. The molecule has 5 nitrogen and oxygen atoms in total. The zero-order chi connectivity index (χ0) is 20.6. The van der Waals surface area contributed by atoms with Crippen LogP contribution in [-0.2, 0) is 4.79 Å². The second-order valence-electron chi connectivity index (χ2n) is 7.79. The van der Waals surface area contributed by atoms with Gasteiger partial charge in [0.05, 0.1) is 5.41 Å². The molecule has 2 heterocycles. The maximum atomic E-state index is 14.6. The van der Waals surface area contributed by atoms with E-state index in [2.05, 4.69) is 10.3 Å². The summed E-state index contributed by atoms with van der Waals surface area (Å²) in [6.07, 6.45) is 0.699. The van der Waals surface area contributed by atoms with Crippen molar-refractivity contribution in [1.82, 2.24) is 10.3 Å². The van der Waals surface area contributed by atoms with E-state index in [1.165, 1.54) is 35.4 Å². The molecule has 2 aromatic rings. The van der Waals surface area contributed by atoms with E-state index in [9.17, 15) is 22.8 Å². The average Bonchev–Trinajstić information content (AvgIpc) is 2.96. The first-order valence-electron chi connectivity index (χ1n) is 9.45. The number of halogens is 3. The van der Waals surface area contributed by atoms with E-state index in [-0.39, 0.29) is 25.1 Å². The molecule has 1 spiro atoms. The fraction of sp³-hybridized carbons (Fsp3) is 0.381. The number of aromatic nitrogens is 1. The predicted molar refractivity (Wildman–Crippen MR) is 100 cm³/mol. The van der Waals surface area contributed by atoms with Crippen LogP contribution in [0.1, 0.15) is 36.2 Å². The van der Waals surface area contributed by atoms with Crippen molar-refractivity contribution in [3.8, 4) is 0 Å². The van der Waals surface area contributed by atoms with Gasteiger partial charge in [0.25, 0.3) is 11.8 Å². The van der Waals surface area contributed by atoms with E-state index in [0.29, 0.717) is 5.69 Å². The van der Waals surface area contributed by atoms with Crippen molar-refractivity contribution in [3.05, 3.63) is 60.2 Å². The lowest BCUT2D eigenvalue weighted by atomic mass is 9.69. The first-order chi connectivity index (χ1) is 13.8. The summed E-state index contributed by atoms with van der Waals surface area (Å²) < 4.78 is 42.7. The zero-order valence-electron chi connectivity index (χ0n) is 15.6. The lowest BCUT2D eigenvalue weighted by Gasteiger charge is -2.41. The molecule has 0 bridgehead atoms. The molecule has 1 aromatic carbocycles. The van der Waals surface area contributed by atoms with Crippen LogP contribution in [0.15, 0.2) is 48.7 Å². The summed E-state index contributed by atoms with van der Waals surface area (Å²) in [4.78, 5) is 30.8. The molecular formula is C21H20F3N3O2. The van der Waals surface area contributed by atoms with Crippen LogP contribution in [0.25, 0.3) is 0 Å². The van der Waals surface area contributed by atoms with Crippen molar-refractivity contribution in [2.45, 2.75) is 37.6 Å². The van der Waals surface area contributed by atoms with Crippen LogP contribution in [0, 0.1) is 11.2 Å². The topological polar surface area (TPSA) is 62.3 Å². The maximum Gasteiger partial charge on any atom is 0.270 e. The van der Waals surface area contributed by atoms with Gasteiger partial charge in [0.2, 0.25) is 5.91 Å². The van der Waals surface area contributed by atoms with E-state index >= 15 is 0 Å². The molecule has 2 fully saturated rings. The predicted octanol–water partition coefficient (Wildman–Crippen LogP) is 3.56. The summed E-state index contributed by atoms with van der Waals surface area (Å²) in [6.45, 7) is 0.235. The van der Waals surface area contributed by atoms with Crippen LogP contribution in [-0.4, -0.2) is 35.3 Å². The number of anilines is 1. The first kappa shape index (κ1) is 19.4. The van der Waals surface area contributed by atoms with Crippen molar-refractivity contribution < 1.29 is 22.8 Å². The lowest BCUT2D eigenvalue weighted by molar-refractivity contribution is -0.140. The second-order valence-corrected chi connectivity index (χ2v) is 7.79.